The summed E-state index contributed by atoms with van der Waals surface area (Å²) < 4.78 is 33.1. The van der Waals surface area contributed by atoms with Crippen molar-refractivity contribution in [2.45, 2.75) is 12.8 Å². The summed E-state index contributed by atoms with van der Waals surface area (Å²) in [5.41, 5.74) is 0.743. The van der Waals surface area contributed by atoms with Crippen LogP contribution in [0, 0.1) is 0 Å². The topological polar surface area (TPSA) is 71.1 Å². The molecule has 0 saturated heterocycles. The summed E-state index contributed by atoms with van der Waals surface area (Å²) in [4.78, 5) is 11.5. The zero-order valence-corrected chi connectivity index (χ0v) is 13.9. The highest BCUT2D eigenvalue weighted by Gasteiger charge is 2.36. The molecule has 1 atom stereocenters. The second-order valence-corrected chi connectivity index (χ2v) is 6.58. The fraction of sp³-hybridized carbons (Fsp3) is 0.400. The van der Waals surface area contributed by atoms with Crippen molar-refractivity contribution in [1.82, 2.24) is 0 Å². The molecule has 0 spiro atoms. The van der Waals surface area contributed by atoms with E-state index in [4.69, 9.17) is 18.5 Å². The third kappa shape index (κ3) is 4.78. The Morgan fingerprint density at radius 2 is 1.82 bits per heavy atom. The molecule has 0 N–H and O–H groups in total. The van der Waals surface area contributed by atoms with Crippen LogP contribution in [0.2, 0.25) is 0 Å². The molecule has 0 aliphatic rings. The van der Waals surface area contributed by atoms with Crippen LogP contribution in [0.4, 0.5) is 0 Å². The fourth-order valence-corrected chi connectivity index (χ4v) is 3.05. The molecule has 22 heavy (non-hydrogen) atoms. The third-order valence-corrected chi connectivity index (χ3v) is 4.90. The number of hydrogen-bond donors (Lipinski definition) is 0. The standard InChI is InChI=1S/C15H21O6P/c1-5-20-14(16)12(2)11-21-15(22(17,18-3)19-4)13-9-7-6-8-10-13/h6-10,15H,2,5,11H2,1,3-4H3. The van der Waals surface area contributed by atoms with Crippen molar-refractivity contribution in [3.05, 3.63) is 48.0 Å². The number of ether oxygens (including phenoxy) is 2. The van der Waals surface area contributed by atoms with E-state index in [-0.39, 0.29) is 18.8 Å². The average molecular weight is 328 g/mol. The average Bonchev–Trinajstić information content (AvgIpc) is 2.55. The van der Waals surface area contributed by atoms with Gasteiger partial charge in [0.25, 0.3) is 0 Å². The minimum absolute atomic E-state index is 0.126. The van der Waals surface area contributed by atoms with E-state index in [1.165, 1.54) is 14.2 Å². The Bertz CT molecular complexity index is 534. The summed E-state index contributed by atoms with van der Waals surface area (Å²) in [5, 5.41) is 0. The van der Waals surface area contributed by atoms with Crippen LogP contribution in [-0.2, 0) is 27.9 Å². The Balaban J connectivity index is 2.91. The number of benzene rings is 1. The van der Waals surface area contributed by atoms with Crippen LogP contribution in [0.5, 0.6) is 0 Å². The number of esters is 1. The van der Waals surface area contributed by atoms with Gasteiger partial charge in [-0.1, -0.05) is 36.9 Å². The molecule has 1 aromatic rings. The summed E-state index contributed by atoms with van der Waals surface area (Å²) in [7, 11) is -0.967. The lowest BCUT2D eigenvalue weighted by Gasteiger charge is -2.25. The number of carbonyl (C=O) groups excluding carboxylic acids is 1. The molecule has 0 fully saturated rings. The van der Waals surface area contributed by atoms with Crippen LogP contribution >= 0.6 is 7.60 Å². The number of hydrogen-bond acceptors (Lipinski definition) is 6. The second kappa shape index (κ2) is 8.86. The van der Waals surface area contributed by atoms with E-state index in [0.717, 1.165) is 0 Å². The van der Waals surface area contributed by atoms with Crippen LogP contribution in [0.25, 0.3) is 0 Å². The summed E-state index contributed by atoms with van der Waals surface area (Å²) in [6.07, 6.45) is 0. The van der Waals surface area contributed by atoms with Gasteiger partial charge in [-0.25, -0.2) is 4.79 Å². The van der Waals surface area contributed by atoms with Crippen LogP contribution in [0.3, 0.4) is 0 Å². The molecule has 1 aromatic carbocycles. The predicted molar refractivity (Wildman–Crippen MR) is 82.5 cm³/mol. The molecular weight excluding hydrogens is 307 g/mol. The maximum absolute atomic E-state index is 12.6. The van der Waals surface area contributed by atoms with E-state index in [2.05, 4.69) is 6.58 Å². The minimum Gasteiger partial charge on any atom is -0.463 e. The minimum atomic E-state index is -3.53. The summed E-state index contributed by atoms with van der Waals surface area (Å²) in [6.45, 7) is 5.40. The van der Waals surface area contributed by atoms with Gasteiger partial charge < -0.3 is 18.5 Å². The molecule has 0 aliphatic carbocycles. The van der Waals surface area contributed by atoms with Gasteiger partial charge in [0.15, 0.2) is 5.85 Å². The first kappa shape index (κ1) is 18.6. The molecule has 0 radical (unpaired) electrons. The van der Waals surface area contributed by atoms with E-state index in [1.54, 1.807) is 31.2 Å². The first-order valence-corrected chi connectivity index (χ1v) is 8.32. The lowest BCUT2D eigenvalue weighted by Crippen LogP contribution is -2.15. The zero-order valence-electron chi connectivity index (χ0n) is 13.0. The normalized spacial score (nSPS) is 12.7. The third-order valence-electron chi connectivity index (χ3n) is 2.86. The Morgan fingerprint density at radius 3 is 2.32 bits per heavy atom. The van der Waals surface area contributed by atoms with Gasteiger partial charge in [0.2, 0.25) is 0 Å². The molecule has 0 heterocycles. The second-order valence-electron chi connectivity index (χ2n) is 4.30. The number of carbonyl (C=O) groups is 1. The van der Waals surface area contributed by atoms with Crippen molar-refractivity contribution >= 4 is 13.6 Å². The predicted octanol–water partition coefficient (Wildman–Crippen LogP) is 3.31. The van der Waals surface area contributed by atoms with Gasteiger partial charge in [-0.15, -0.1) is 0 Å². The van der Waals surface area contributed by atoms with Crippen molar-refractivity contribution in [1.29, 1.82) is 0 Å². The maximum Gasteiger partial charge on any atom is 0.363 e. The zero-order chi connectivity index (χ0) is 16.6. The first-order valence-electron chi connectivity index (χ1n) is 6.71. The van der Waals surface area contributed by atoms with Crippen molar-refractivity contribution < 1.29 is 27.9 Å². The van der Waals surface area contributed by atoms with E-state index in [9.17, 15) is 9.36 Å². The fourth-order valence-electron chi connectivity index (χ4n) is 1.73. The van der Waals surface area contributed by atoms with Gasteiger partial charge >= 0.3 is 13.6 Å². The number of rotatable bonds is 9. The highest BCUT2D eigenvalue weighted by molar-refractivity contribution is 7.54. The van der Waals surface area contributed by atoms with Gasteiger partial charge in [-0.05, 0) is 12.5 Å². The van der Waals surface area contributed by atoms with Crippen LogP contribution in [0.1, 0.15) is 18.3 Å². The molecule has 0 aromatic heterocycles. The lowest BCUT2D eigenvalue weighted by atomic mass is 10.2. The van der Waals surface area contributed by atoms with E-state index >= 15 is 0 Å². The van der Waals surface area contributed by atoms with Crippen LogP contribution in [0.15, 0.2) is 42.5 Å². The Kier molecular flexibility index (Phi) is 7.48. The van der Waals surface area contributed by atoms with Crippen LogP contribution in [-0.4, -0.2) is 33.4 Å². The maximum atomic E-state index is 12.6. The van der Waals surface area contributed by atoms with Crippen molar-refractivity contribution in [2.75, 3.05) is 27.4 Å². The van der Waals surface area contributed by atoms with Crippen molar-refractivity contribution in [3.63, 3.8) is 0 Å². The highest BCUT2D eigenvalue weighted by atomic mass is 31.2. The molecule has 0 bridgehead atoms. The summed E-state index contributed by atoms with van der Waals surface area (Å²) >= 11 is 0. The van der Waals surface area contributed by atoms with Crippen molar-refractivity contribution in [3.8, 4) is 0 Å². The van der Waals surface area contributed by atoms with Gasteiger partial charge in [0.05, 0.1) is 18.8 Å². The Hall–Kier alpha value is -1.46. The molecule has 6 nitrogen and oxygen atoms in total. The molecule has 0 aliphatic heterocycles. The summed E-state index contributed by atoms with van der Waals surface area (Å²) in [6, 6.07) is 8.86. The summed E-state index contributed by atoms with van der Waals surface area (Å²) in [5.74, 6) is -1.52. The SMILES string of the molecule is C=C(COC(c1ccccc1)P(=O)(OC)OC)C(=O)OCC. The molecule has 7 heteroatoms. The molecule has 122 valence electrons. The highest BCUT2D eigenvalue weighted by Crippen LogP contribution is 2.60. The smallest absolute Gasteiger partial charge is 0.363 e. The van der Waals surface area contributed by atoms with Gasteiger partial charge in [-0.3, -0.25) is 4.57 Å². The molecule has 0 amide bonds. The largest absolute Gasteiger partial charge is 0.463 e. The van der Waals surface area contributed by atoms with Gasteiger partial charge in [-0.2, -0.15) is 0 Å². The van der Waals surface area contributed by atoms with Crippen LogP contribution < -0.4 is 0 Å². The molecule has 0 saturated carbocycles. The first-order chi connectivity index (χ1) is 10.5. The quantitative estimate of drug-likeness (QED) is 0.393. The van der Waals surface area contributed by atoms with E-state index < -0.39 is 19.4 Å². The van der Waals surface area contributed by atoms with Gasteiger partial charge in [0, 0.05) is 14.2 Å². The monoisotopic (exact) mass is 328 g/mol. The van der Waals surface area contributed by atoms with E-state index in [0.29, 0.717) is 5.56 Å². The molecule has 1 rings (SSSR count). The van der Waals surface area contributed by atoms with E-state index in [1.807, 2.05) is 6.07 Å². The Labute approximate surface area is 130 Å². The lowest BCUT2D eigenvalue weighted by molar-refractivity contribution is -0.139. The molecular formula is C15H21O6P. The Morgan fingerprint density at radius 1 is 1.23 bits per heavy atom. The van der Waals surface area contributed by atoms with Gasteiger partial charge in [0.1, 0.15) is 0 Å². The van der Waals surface area contributed by atoms with Crippen molar-refractivity contribution in [2.24, 2.45) is 0 Å². The molecule has 1 unspecified atom stereocenters.